The van der Waals surface area contributed by atoms with E-state index < -0.39 is 0 Å². The molecule has 86 valence electrons. The van der Waals surface area contributed by atoms with Gasteiger partial charge >= 0.3 is 0 Å². The molecule has 2 heterocycles. The second-order valence-corrected chi connectivity index (χ2v) is 4.75. The Labute approximate surface area is 102 Å². The van der Waals surface area contributed by atoms with Crippen molar-refractivity contribution in [3.05, 3.63) is 52.7 Å². The van der Waals surface area contributed by atoms with Crippen molar-refractivity contribution in [2.75, 3.05) is 5.75 Å². The Morgan fingerprint density at radius 2 is 2.24 bits per heavy atom. The number of aromatic nitrogens is 2. The van der Waals surface area contributed by atoms with E-state index in [0.29, 0.717) is 5.82 Å². The van der Waals surface area contributed by atoms with Gasteiger partial charge in [0.1, 0.15) is 5.75 Å². The zero-order valence-electron chi connectivity index (χ0n) is 8.92. The van der Waals surface area contributed by atoms with E-state index in [-0.39, 0.29) is 11.7 Å². The minimum Gasteiger partial charge on any atom is -0.480 e. The standard InChI is InChI=1S/C12H10N2O2S/c15-11-5-6-13-12(14-11)9-7-17-10-4-2-1-3-8(10)16-9/h1-6,9H,7H2,(H,13,14,15). The number of H-pyrrole nitrogens is 1. The van der Waals surface area contributed by atoms with Gasteiger partial charge in [-0.15, -0.1) is 11.8 Å². The molecule has 0 saturated carbocycles. The summed E-state index contributed by atoms with van der Waals surface area (Å²) in [7, 11) is 0. The van der Waals surface area contributed by atoms with Gasteiger partial charge in [-0.05, 0) is 12.1 Å². The second-order valence-electron chi connectivity index (χ2n) is 3.68. The maximum atomic E-state index is 11.2. The molecule has 0 amide bonds. The van der Waals surface area contributed by atoms with Crippen molar-refractivity contribution in [1.82, 2.24) is 9.97 Å². The van der Waals surface area contributed by atoms with Crippen molar-refractivity contribution in [3.8, 4) is 5.75 Å². The molecule has 1 aliphatic rings. The molecule has 0 radical (unpaired) electrons. The van der Waals surface area contributed by atoms with Crippen LogP contribution in [0.25, 0.3) is 0 Å². The van der Waals surface area contributed by atoms with Crippen molar-refractivity contribution >= 4 is 11.8 Å². The van der Waals surface area contributed by atoms with Gasteiger partial charge in [0.2, 0.25) is 0 Å². The number of para-hydroxylation sites is 1. The topological polar surface area (TPSA) is 55.0 Å². The van der Waals surface area contributed by atoms with Crippen LogP contribution in [-0.4, -0.2) is 15.7 Å². The molecule has 17 heavy (non-hydrogen) atoms. The molecule has 1 aromatic carbocycles. The SMILES string of the molecule is O=c1ccnc(C2CSc3ccccc3O2)[nH]1. The molecule has 2 aromatic rings. The first-order valence-corrected chi connectivity index (χ1v) is 6.25. The Kier molecular flexibility index (Phi) is 2.60. The summed E-state index contributed by atoms with van der Waals surface area (Å²) in [5.74, 6) is 2.18. The summed E-state index contributed by atoms with van der Waals surface area (Å²) in [6.07, 6.45) is 1.31. The van der Waals surface area contributed by atoms with Crippen LogP contribution in [0, 0.1) is 0 Å². The van der Waals surface area contributed by atoms with Crippen LogP contribution in [-0.2, 0) is 0 Å². The molecule has 4 nitrogen and oxygen atoms in total. The highest BCUT2D eigenvalue weighted by atomic mass is 32.2. The van der Waals surface area contributed by atoms with Crippen LogP contribution >= 0.6 is 11.8 Å². The van der Waals surface area contributed by atoms with E-state index >= 15 is 0 Å². The number of thioether (sulfide) groups is 1. The lowest BCUT2D eigenvalue weighted by molar-refractivity contribution is 0.210. The third kappa shape index (κ3) is 2.06. The molecule has 0 fully saturated rings. The van der Waals surface area contributed by atoms with Crippen LogP contribution in [0.4, 0.5) is 0 Å². The fourth-order valence-electron chi connectivity index (χ4n) is 1.70. The zero-order valence-corrected chi connectivity index (χ0v) is 9.74. The first kappa shape index (κ1) is 10.4. The van der Waals surface area contributed by atoms with E-state index in [4.69, 9.17) is 4.74 Å². The smallest absolute Gasteiger partial charge is 0.250 e. The van der Waals surface area contributed by atoms with Crippen molar-refractivity contribution in [1.29, 1.82) is 0 Å². The Hall–Kier alpha value is -1.75. The molecular formula is C12H10N2O2S. The van der Waals surface area contributed by atoms with Crippen LogP contribution in [0.3, 0.4) is 0 Å². The third-order valence-electron chi connectivity index (χ3n) is 2.50. The maximum absolute atomic E-state index is 11.2. The first-order valence-electron chi connectivity index (χ1n) is 5.26. The highest BCUT2D eigenvalue weighted by Crippen LogP contribution is 2.38. The maximum Gasteiger partial charge on any atom is 0.250 e. The van der Waals surface area contributed by atoms with E-state index in [2.05, 4.69) is 9.97 Å². The van der Waals surface area contributed by atoms with Gasteiger partial charge < -0.3 is 9.72 Å². The number of hydrogen-bond acceptors (Lipinski definition) is 4. The summed E-state index contributed by atoms with van der Waals surface area (Å²) in [4.78, 5) is 19.2. The summed E-state index contributed by atoms with van der Waals surface area (Å²) in [5.41, 5.74) is -0.151. The number of rotatable bonds is 1. The van der Waals surface area contributed by atoms with E-state index in [1.807, 2.05) is 24.3 Å². The van der Waals surface area contributed by atoms with Gasteiger partial charge in [0, 0.05) is 22.9 Å². The molecule has 1 aliphatic heterocycles. The molecule has 0 aliphatic carbocycles. The number of aromatic amines is 1. The van der Waals surface area contributed by atoms with Crippen molar-refractivity contribution < 1.29 is 4.74 Å². The van der Waals surface area contributed by atoms with E-state index in [9.17, 15) is 4.79 Å². The van der Waals surface area contributed by atoms with Gasteiger partial charge in [-0.25, -0.2) is 4.98 Å². The third-order valence-corrected chi connectivity index (χ3v) is 3.62. The lowest BCUT2D eigenvalue weighted by Gasteiger charge is -2.24. The van der Waals surface area contributed by atoms with Crippen molar-refractivity contribution in [3.63, 3.8) is 0 Å². The van der Waals surface area contributed by atoms with Crippen LogP contribution < -0.4 is 10.3 Å². The number of benzene rings is 1. The summed E-state index contributed by atoms with van der Waals surface area (Å²) < 4.78 is 5.82. The molecule has 1 unspecified atom stereocenters. The van der Waals surface area contributed by atoms with Gasteiger partial charge in [-0.2, -0.15) is 0 Å². The normalized spacial score (nSPS) is 18.2. The monoisotopic (exact) mass is 246 g/mol. The molecule has 5 heteroatoms. The zero-order chi connectivity index (χ0) is 11.7. The quantitative estimate of drug-likeness (QED) is 0.836. The molecule has 1 aromatic heterocycles. The lowest BCUT2D eigenvalue weighted by atomic mass is 10.3. The molecule has 1 N–H and O–H groups in total. The largest absolute Gasteiger partial charge is 0.480 e. The Balaban J connectivity index is 1.92. The number of fused-ring (bicyclic) bond motifs is 1. The Morgan fingerprint density at radius 3 is 3.12 bits per heavy atom. The minimum atomic E-state index is -0.191. The van der Waals surface area contributed by atoms with E-state index in [1.54, 1.807) is 11.8 Å². The summed E-state index contributed by atoms with van der Waals surface area (Å²) in [6.45, 7) is 0. The molecule has 1 atom stereocenters. The van der Waals surface area contributed by atoms with Crippen molar-refractivity contribution in [2.45, 2.75) is 11.0 Å². The number of nitrogens with one attached hydrogen (secondary N) is 1. The predicted molar refractivity (Wildman–Crippen MR) is 65.4 cm³/mol. The molecular weight excluding hydrogens is 236 g/mol. The van der Waals surface area contributed by atoms with Crippen LogP contribution in [0.1, 0.15) is 11.9 Å². The Morgan fingerprint density at radius 1 is 1.35 bits per heavy atom. The first-order chi connectivity index (χ1) is 8.33. The van der Waals surface area contributed by atoms with E-state index in [1.165, 1.54) is 12.3 Å². The highest BCUT2D eigenvalue weighted by molar-refractivity contribution is 7.99. The minimum absolute atomic E-state index is 0.151. The fraction of sp³-hybridized carbons (Fsp3) is 0.167. The van der Waals surface area contributed by atoms with Gasteiger partial charge in [-0.1, -0.05) is 12.1 Å². The average Bonchev–Trinajstić information content (AvgIpc) is 2.38. The lowest BCUT2D eigenvalue weighted by Crippen LogP contribution is -2.20. The van der Waals surface area contributed by atoms with Crippen LogP contribution in [0.2, 0.25) is 0 Å². The van der Waals surface area contributed by atoms with E-state index in [0.717, 1.165) is 16.4 Å². The molecule has 0 spiro atoms. The van der Waals surface area contributed by atoms with Gasteiger partial charge in [0.05, 0.1) is 0 Å². The number of nitrogens with zero attached hydrogens (tertiary/aromatic N) is 1. The van der Waals surface area contributed by atoms with Gasteiger partial charge in [0.25, 0.3) is 5.56 Å². The number of hydrogen-bond donors (Lipinski definition) is 1. The second kappa shape index (κ2) is 4.25. The number of ether oxygens (including phenoxy) is 1. The van der Waals surface area contributed by atoms with Gasteiger partial charge in [0.15, 0.2) is 11.9 Å². The predicted octanol–water partition coefficient (Wildman–Crippen LogP) is 2.00. The van der Waals surface area contributed by atoms with Gasteiger partial charge in [-0.3, -0.25) is 4.79 Å². The highest BCUT2D eigenvalue weighted by Gasteiger charge is 2.23. The molecule has 0 bridgehead atoms. The summed E-state index contributed by atoms with van der Waals surface area (Å²) >= 11 is 1.71. The van der Waals surface area contributed by atoms with Crippen molar-refractivity contribution in [2.24, 2.45) is 0 Å². The molecule has 0 saturated heterocycles. The van der Waals surface area contributed by atoms with Crippen LogP contribution in [0.5, 0.6) is 5.75 Å². The molecule has 3 rings (SSSR count). The summed E-state index contributed by atoms with van der Waals surface area (Å²) in [6, 6.07) is 9.27. The Bertz CT molecular complexity index is 597. The average molecular weight is 246 g/mol. The van der Waals surface area contributed by atoms with Crippen LogP contribution in [0.15, 0.2) is 46.2 Å². The fourth-order valence-corrected chi connectivity index (χ4v) is 2.69. The summed E-state index contributed by atoms with van der Waals surface area (Å²) in [5, 5.41) is 0.